The predicted molar refractivity (Wildman–Crippen MR) is 59.3 cm³/mol. The lowest BCUT2D eigenvalue weighted by atomic mass is 10.2. The van der Waals surface area contributed by atoms with E-state index in [-0.39, 0.29) is 5.57 Å². The van der Waals surface area contributed by atoms with E-state index in [4.69, 9.17) is 5.11 Å². The maximum atomic E-state index is 11.4. The van der Waals surface area contributed by atoms with Crippen LogP contribution in [0.2, 0.25) is 0 Å². The SMILES string of the molecule is C=C(C)C(=O)OCC(F)(F)F.C=C(CC(F)(F)F)C(=O)O. The lowest BCUT2D eigenvalue weighted by Crippen LogP contribution is -2.20. The zero-order chi connectivity index (χ0) is 17.4. The third-order valence-corrected chi connectivity index (χ3v) is 1.43. The van der Waals surface area contributed by atoms with E-state index in [1.807, 2.05) is 0 Å². The molecule has 122 valence electrons. The summed E-state index contributed by atoms with van der Waals surface area (Å²) in [7, 11) is 0. The van der Waals surface area contributed by atoms with Crippen molar-refractivity contribution in [3.05, 3.63) is 24.3 Å². The minimum absolute atomic E-state index is 0.0470. The molecule has 21 heavy (non-hydrogen) atoms. The quantitative estimate of drug-likeness (QED) is 0.490. The van der Waals surface area contributed by atoms with Crippen LogP contribution in [0.1, 0.15) is 13.3 Å². The molecule has 0 amide bonds. The van der Waals surface area contributed by atoms with Gasteiger partial charge in [0.05, 0.1) is 6.42 Å². The molecule has 0 aromatic heterocycles. The van der Waals surface area contributed by atoms with Gasteiger partial charge in [-0.2, -0.15) is 26.3 Å². The van der Waals surface area contributed by atoms with E-state index in [1.54, 1.807) is 0 Å². The van der Waals surface area contributed by atoms with Crippen LogP contribution in [-0.4, -0.2) is 36.0 Å². The van der Waals surface area contributed by atoms with Gasteiger partial charge in [0, 0.05) is 11.1 Å². The van der Waals surface area contributed by atoms with Crippen LogP contribution in [0.4, 0.5) is 26.3 Å². The van der Waals surface area contributed by atoms with Crippen LogP contribution in [0.3, 0.4) is 0 Å². The molecule has 0 bridgehead atoms. The highest BCUT2D eigenvalue weighted by Crippen LogP contribution is 2.23. The Morgan fingerprint density at radius 3 is 1.67 bits per heavy atom. The Kier molecular flexibility index (Phi) is 8.44. The fourth-order valence-electron chi connectivity index (χ4n) is 0.588. The number of aliphatic carboxylic acids is 1. The molecule has 10 heteroatoms. The number of rotatable bonds is 4. The van der Waals surface area contributed by atoms with E-state index in [0.29, 0.717) is 0 Å². The van der Waals surface area contributed by atoms with Crippen LogP contribution in [0.5, 0.6) is 0 Å². The van der Waals surface area contributed by atoms with Gasteiger partial charge in [0.2, 0.25) is 0 Å². The molecule has 0 aliphatic rings. The second kappa shape index (κ2) is 8.32. The normalized spacial score (nSPS) is 11.0. The number of carbonyl (C=O) groups excluding carboxylic acids is 1. The number of carboxylic acid groups (broad SMARTS) is 1. The molecule has 0 aliphatic heterocycles. The van der Waals surface area contributed by atoms with Gasteiger partial charge in [-0.3, -0.25) is 0 Å². The van der Waals surface area contributed by atoms with Gasteiger partial charge >= 0.3 is 24.3 Å². The monoisotopic (exact) mass is 322 g/mol. The van der Waals surface area contributed by atoms with Gasteiger partial charge in [-0.1, -0.05) is 13.2 Å². The molecule has 0 aliphatic carbocycles. The largest absolute Gasteiger partial charge is 0.478 e. The van der Waals surface area contributed by atoms with E-state index in [0.717, 1.165) is 0 Å². The van der Waals surface area contributed by atoms with Crippen molar-refractivity contribution in [2.45, 2.75) is 25.7 Å². The van der Waals surface area contributed by atoms with Crippen LogP contribution >= 0.6 is 0 Å². The molecule has 0 radical (unpaired) electrons. The van der Waals surface area contributed by atoms with Crippen molar-refractivity contribution in [1.82, 2.24) is 0 Å². The highest BCUT2D eigenvalue weighted by Gasteiger charge is 2.30. The Morgan fingerprint density at radius 2 is 1.48 bits per heavy atom. The lowest BCUT2D eigenvalue weighted by Gasteiger charge is -2.06. The Balaban J connectivity index is 0. The molecule has 1 N–H and O–H groups in total. The lowest BCUT2D eigenvalue weighted by molar-refractivity contribution is -0.183. The Morgan fingerprint density at radius 1 is 1.05 bits per heavy atom. The summed E-state index contributed by atoms with van der Waals surface area (Å²) < 4.78 is 71.9. The highest BCUT2D eigenvalue weighted by molar-refractivity contribution is 5.87. The van der Waals surface area contributed by atoms with E-state index in [9.17, 15) is 35.9 Å². The molecule has 0 aromatic rings. The maximum Gasteiger partial charge on any atom is 0.422 e. The maximum absolute atomic E-state index is 11.4. The topological polar surface area (TPSA) is 63.6 Å². The zero-order valence-corrected chi connectivity index (χ0v) is 10.8. The first-order valence-electron chi connectivity index (χ1n) is 5.03. The third-order valence-electron chi connectivity index (χ3n) is 1.43. The number of ether oxygens (including phenoxy) is 1. The number of hydrogen-bond donors (Lipinski definition) is 1. The third kappa shape index (κ3) is 15.9. The van der Waals surface area contributed by atoms with Crippen molar-refractivity contribution >= 4 is 11.9 Å². The summed E-state index contributed by atoms with van der Waals surface area (Å²) in [5.74, 6) is -2.64. The van der Waals surface area contributed by atoms with Crippen LogP contribution in [-0.2, 0) is 14.3 Å². The number of hydrogen-bond acceptors (Lipinski definition) is 3. The van der Waals surface area contributed by atoms with E-state index in [2.05, 4.69) is 17.9 Å². The summed E-state index contributed by atoms with van der Waals surface area (Å²) in [4.78, 5) is 20.1. The minimum atomic E-state index is -4.48. The fourth-order valence-corrected chi connectivity index (χ4v) is 0.588. The first kappa shape index (κ1) is 21.3. The minimum Gasteiger partial charge on any atom is -0.478 e. The van der Waals surface area contributed by atoms with Gasteiger partial charge in [-0.05, 0) is 6.92 Å². The molecular weight excluding hydrogens is 310 g/mol. The van der Waals surface area contributed by atoms with E-state index < -0.39 is 42.9 Å². The van der Waals surface area contributed by atoms with E-state index in [1.165, 1.54) is 6.92 Å². The van der Waals surface area contributed by atoms with Crippen molar-refractivity contribution in [1.29, 1.82) is 0 Å². The average molecular weight is 322 g/mol. The standard InChI is InChI=1S/C6H7F3O2.C5H5F3O2/c1-4(2)5(10)11-3-6(7,8)9;1-3(4(9)10)2-5(6,7)8/h1,3H2,2H3;1-2H2,(H,9,10). The number of alkyl halides is 6. The molecule has 0 unspecified atom stereocenters. The number of esters is 1. The second-order valence-electron chi connectivity index (χ2n) is 3.67. The smallest absolute Gasteiger partial charge is 0.422 e. The summed E-state index contributed by atoms with van der Waals surface area (Å²) in [6, 6.07) is 0. The summed E-state index contributed by atoms with van der Waals surface area (Å²) in [5.41, 5.74) is -0.887. The number of halogens is 6. The molecule has 0 rings (SSSR count). The summed E-state index contributed by atoms with van der Waals surface area (Å²) in [5, 5.41) is 7.95. The van der Waals surface area contributed by atoms with Gasteiger partial charge in [-0.25, -0.2) is 9.59 Å². The molecule has 0 spiro atoms. The first-order valence-corrected chi connectivity index (χ1v) is 5.03. The molecule has 0 heterocycles. The van der Waals surface area contributed by atoms with Gasteiger partial charge in [0.15, 0.2) is 6.61 Å². The number of carbonyl (C=O) groups is 2. The molecule has 0 saturated heterocycles. The van der Waals surface area contributed by atoms with Crippen LogP contribution in [0.25, 0.3) is 0 Å². The summed E-state index contributed by atoms with van der Waals surface area (Å²) >= 11 is 0. The summed E-state index contributed by atoms with van der Waals surface area (Å²) in [6.07, 6.45) is -10.4. The molecular formula is C11H12F6O4. The van der Waals surface area contributed by atoms with Gasteiger partial charge in [0.1, 0.15) is 0 Å². The van der Waals surface area contributed by atoms with Gasteiger partial charge in [0.25, 0.3) is 0 Å². The van der Waals surface area contributed by atoms with Crippen molar-refractivity contribution < 1.29 is 45.8 Å². The van der Waals surface area contributed by atoms with Crippen LogP contribution < -0.4 is 0 Å². The molecule has 0 atom stereocenters. The van der Waals surface area contributed by atoms with Gasteiger partial charge in [-0.15, -0.1) is 0 Å². The number of carboxylic acids is 1. The molecule has 0 saturated carbocycles. The molecule has 0 aromatic carbocycles. The zero-order valence-electron chi connectivity index (χ0n) is 10.8. The Bertz CT molecular complexity index is 408. The first-order chi connectivity index (χ1) is 9.15. The second-order valence-corrected chi connectivity index (χ2v) is 3.67. The average Bonchev–Trinajstić information content (AvgIpc) is 2.23. The molecule has 0 fully saturated rings. The fraction of sp³-hybridized carbons (Fsp3) is 0.455. The van der Waals surface area contributed by atoms with E-state index >= 15 is 0 Å². The molecule has 4 nitrogen and oxygen atoms in total. The summed E-state index contributed by atoms with van der Waals surface area (Å²) in [6.45, 7) is 5.55. The van der Waals surface area contributed by atoms with Crippen molar-refractivity contribution in [3.63, 3.8) is 0 Å². The van der Waals surface area contributed by atoms with Gasteiger partial charge < -0.3 is 9.84 Å². The van der Waals surface area contributed by atoms with Crippen LogP contribution in [0, 0.1) is 0 Å². The Hall–Kier alpha value is -2.00. The Labute approximate surface area is 115 Å². The van der Waals surface area contributed by atoms with Crippen molar-refractivity contribution in [2.75, 3.05) is 6.61 Å². The highest BCUT2D eigenvalue weighted by atomic mass is 19.4. The van der Waals surface area contributed by atoms with Crippen LogP contribution in [0.15, 0.2) is 24.3 Å². The van der Waals surface area contributed by atoms with Crippen molar-refractivity contribution in [3.8, 4) is 0 Å². The van der Waals surface area contributed by atoms with Crippen molar-refractivity contribution in [2.24, 2.45) is 0 Å². The predicted octanol–water partition coefficient (Wildman–Crippen LogP) is 3.25.